The minimum absolute atomic E-state index is 0.530. The van der Waals surface area contributed by atoms with Crippen LogP contribution in [0.2, 0.25) is 0 Å². The molecule has 106 valence electrons. The Morgan fingerprint density at radius 3 is 2.53 bits per heavy atom. The number of rotatable bonds is 4. The Hall–Kier alpha value is -1.06. The molecule has 1 unspecified atom stereocenters. The Morgan fingerprint density at radius 2 is 1.95 bits per heavy atom. The number of hydrogen-bond donors (Lipinski definition) is 1. The maximum atomic E-state index is 3.24. The third kappa shape index (κ3) is 3.48. The molecular weight excluding hydrogens is 234 g/mol. The van der Waals surface area contributed by atoms with E-state index in [1.54, 1.807) is 0 Å². The quantitative estimate of drug-likeness (QED) is 0.899. The van der Waals surface area contributed by atoms with Crippen molar-refractivity contribution in [3.8, 4) is 0 Å². The van der Waals surface area contributed by atoms with Crippen LogP contribution >= 0.6 is 0 Å². The average Bonchev–Trinajstić information content (AvgIpc) is 2.41. The second-order valence-electron chi connectivity index (χ2n) is 5.92. The highest BCUT2D eigenvalue weighted by Crippen LogP contribution is 2.34. The van der Waals surface area contributed by atoms with Crippen molar-refractivity contribution in [2.75, 3.05) is 46.6 Å². The Kier molecular flexibility index (Phi) is 4.83. The van der Waals surface area contributed by atoms with Crippen LogP contribution in [0.3, 0.4) is 0 Å². The van der Waals surface area contributed by atoms with E-state index in [1.807, 2.05) is 7.05 Å². The van der Waals surface area contributed by atoms with Crippen LogP contribution in [0.1, 0.15) is 24.4 Å². The van der Waals surface area contributed by atoms with Gasteiger partial charge in [0.15, 0.2) is 0 Å². The second-order valence-corrected chi connectivity index (χ2v) is 5.92. The molecule has 1 aliphatic heterocycles. The SMILES string of the molecule is CNc1cccc(C(C2CCN(C)CC2)N(C)C)c1. The third-order valence-electron chi connectivity index (χ3n) is 4.28. The molecule has 0 bridgehead atoms. The number of hydrogen-bond acceptors (Lipinski definition) is 3. The van der Waals surface area contributed by atoms with Gasteiger partial charge in [-0.25, -0.2) is 0 Å². The number of benzene rings is 1. The zero-order chi connectivity index (χ0) is 13.8. The summed E-state index contributed by atoms with van der Waals surface area (Å²) in [6, 6.07) is 9.38. The highest BCUT2D eigenvalue weighted by atomic mass is 15.1. The number of nitrogens with zero attached hydrogens (tertiary/aromatic N) is 2. The van der Waals surface area contributed by atoms with E-state index >= 15 is 0 Å². The molecule has 2 rings (SSSR count). The molecule has 1 atom stereocenters. The summed E-state index contributed by atoms with van der Waals surface area (Å²) in [5, 5.41) is 3.24. The molecule has 1 aliphatic rings. The first-order chi connectivity index (χ1) is 9.11. The standard InChI is InChI=1S/C16H27N3/c1-17-15-7-5-6-14(12-15)16(18(2)3)13-8-10-19(4)11-9-13/h5-7,12-13,16-17H,8-11H2,1-4H3. The lowest BCUT2D eigenvalue weighted by Gasteiger charge is -2.38. The molecule has 0 aromatic heterocycles. The molecule has 1 saturated heterocycles. The van der Waals surface area contributed by atoms with Crippen LogP contribution in [0.5, 0.6) is 0 Å². The molecular formula is C16H27N3. The summed E-state index contributed by atoms with van der Waals surface area (Å²) >= 11 is 0. The molecule has 3 heteroatoms. The van der Waals surface area contributed by atoms with Crippen LogP contribution < -0.4 is 5.32 Å². The van der Waals surface area contributed by atoms with E-state index in [0.29, 0.717) is 6.04 Å². The minimum Gasteiger partial charge on any atom is -0.388 e. The van der Waals surface area contributed by atoms with E-state index in [1.165, 1.54) is 37.2 Å². The second kappa shape index (κ2) is 6.40. The number of nitrogens with one attached hydrogen (secondary N) is 1. The highest BCUT2D eigenvalue weighted by molar-refractivity contribution is 5.46. The molecule has 1 N–H and O–H groups in total. The summed E-state index contributed by atoms with van der Waals surface area (Å²) in [4.78, 5) is 4.82. The molecule has 1 aromatic carbocycles. The van der Waals surface area contributed by atoms with Gasteiger partial charge in [-0.2, -0.15) is 0 Å². The van der Waals surface area contributed by atoms with Crippen LogP contribution in [0, 0.1) is 5.92 Å². The monoisotopic (exact) mass is 261 g/mol. The first kappa shape index (κ1) is 14.4. The predicted octanol–water partition coefficient (Wildman–Crippen LogP) is 2.67. The maximum Gasteiger partial charge on any atom is 0.0371 e. The lowest BCUT2D eigenvalue weighted by molar-refractivity contribution is 0.131. The van der Waals surface area contributed by atoms with Crippen molar-refractivity contribution in [1.82, 2.24) is 9.80 Å². The van der Waals surface area contributed by atoms with Crippen molar-refractivity contribution >= 4 is 5.69 Å². The summed E-state index contributed by atoms with van der Waals surface area (Å²) in [6.07, 6.45) is 2.59. The van der Waals surface area contributed by atoms with Gasteiger partial charge >= 0.3 is 0 Å². The molecule has 0 aliphatic carbocycles. The normalized spacial score (nSPS) is 19.6. The summed E-state index contributed by atoms with van der Waals surface area (Å²) in [5.41, 5.74) is 2.64. The maximum absolute atomic E-state index is 3.24. The van der Waals surface area contributed by atoms with Gasteiger partial charge in [0.25, 0.3) is 0 Å². The number of anilines is 1. The molecule has 1 fully saturated rings. The Bertz CT molecular complexity index is 395. The van der Waals surface area contributed by atoms with Gasteiger partial charge in [0.1, 0.15) is 0 Å². The van der Waals surface area contributed by atoms with Crippen LogP contribution in [-0.2, 0) is 0 Å². The first-order valence-electron chi connectivity index (χ1n) is 7.24. The highest BCUT2D eigenvalue weighted by Gasteiger charge is 2.28. The van der Waals surface area contributed by atoms with E-state index in [2.05, 4.69) is 60.5 Å². The largest absolute Gasteiger partial charge is 0.388 e. The Morgan fingerprint density at radius 1 is 1.26 bits per heavy atom. The zero-order valence-corrected chi connectivity index (χ0v) is 12.7. The lowest BCUT2D eigenvalue weighted by Crippen LogP contribution is -2.37. The van der Waals surface area contributed by atoms with E-state index in [-0.39, 0.29) is 0 Å². The topological polar surface area (TPSA) is 18.5 Å². The molecule has 19 heavy (non-hydrogen) atoms. The summed E-state index contributed by atoms with van der Waals surface area (Å²) in [5.74, 6) is 0.762. The third-order valence-corrected chi connectivity index (χ3v) is 4.28. The van der Waals surface area contributed by atoms with Gasteiger partial charge in [-0.05, 0) is 70.7 Å². The summed E-state index contributed by atoms with van der Waals surface area (Å²) < 4.78 is 0. The molecule has 0 spiro atoms. The van der Waals surface area contributed by atoms with Gasteiger partial charge in [-0.15, -0.1) is 0 Å². The van der Waals surface area contributed by atoms with Crippen LogP contribution in [0.25, 0.3) is 0 Å². The Balaban J connectivity index is 2.19. The van der Waals surface area contributed by atoms with Gasteiger partial charge < -0.3 is 15.1 Å². The van der Waals surface area contributed by atoms with Crippen LogP contribution in [0.4, 0.5) is 5.69 Å². The predicted molar refractivity (Wildman–Crippen MR) is 82.6 cm³/mol. The number of likely N-dealkylation sites (tertiary alicyclic amines) is 1. The Labute approximate surface area is 117 Å². The molecule has 1 aromatic rings. The van der Waals surface area contributed by atoms with Gasteiger partial charge in [-0.1, -0.05) is 12.1 Å². The van der Waals surface area contributed by atoms with Crippen LogP contribution in [0.15, 0.2) is 24.3 Å². The van der Waals surface area contributed by atoms with Crippen LogP contribution in [-0.4, -0.2) is 51.1 Å². The van der Waals surface area contributed by atoms with E-state index < -0.39 is 0 Å². The molecule has 0 saturated carbocycles. The van der Waals surface area contributed by atoms with E-state index in [0.717, 1.165) is 5.92 Å². The van der Waals surface area contributed by atoms with Crippen molar-refractivity contribution in [3.63, 3.8) is 0 Å². The van der Waals surface area contributed by atoms with Gasteiger partial charge in [0.05, 0.1) is 0 Å². The number of piperidine rings is 1. The van der Waals surface area contributed by atoms with E-state index in [4.69, 9.17) is 0 Å². The fourth-order valence-corrected chi connectivity index (χ4v) is 3.21. The lowest BCUT2D eigenvalue weighted by atomic mass is 9.84. The van der Waals surface area contributed by atoms with Crippen molar-refractivity contribution < 1.29 is 0 Å². The molecule has 1 heterocycles. The fourth-order valence-electron chi connectivity index (χ4n) is 3.21. The summed E-state index contributed by atoms with van der Waals surface area (Å²) in [7, 11) is 8.62. The average molecular weight is 261 g/mol. The molecule has 0 amide bonds. The van der Waals surface area contributed by atoms with Gasteiger partial charge in [0.2, 0.25) is 0 Å². The van der Waals surface area contributed by atoms with Crippen molar-refractivity contribution in [2.24, 2.45) is 5.92 Å². The van der Waals surface area contributed by atoms with Crippen molar-refractivity contribution in [3.05, 3.63) is 29.8 Å². The summed E-state index contributed by atoms with van der Waals surface area (Å²) in [6.45, 7) is 2.45. The van der Waals surface area contributed by atoms with Gasteiger partial charge in [0, 0.05) is 18.8 Å². The molecule has 0 radical (unpaired) electrons. The zero-order valence-electron chi connectivity index (χ0n) is 12.7. The van der Waals surface area contributed by atoms with Crippen molar-refractivity contribution in [2.45, 2.75) is 18.9 Å². The smallest absolute Gasteiger partial charge is 0.0371 e. The van der Waals surface area contributed by atoms with Gasteiger partial charge in [-0.3, -0.25) is 0 Å². The minimum atomic E-state index is 0.530. The van der Waals surface area contributed by atoms with E-state index in [9.17, 15) is 0 Å². The van der Waals surface area contributed by atoms with Crippen molar-refractivity contribution in [1.29, 1.82) is 0 Å². The fraction of sp³-hybridized carbons (Fsp3) is 0.625. The first-order valence-corrected chi connectivity index (χ1v) is 7.24. The molecule has 3 nitrogen and oxygen atoms in total.